The van der Waals surface area contributed by atoms with E-state index in [1.807, 2.05) is 0 Å². The van der Waals surface area contributed by atoms with Gasteiger partial charge in [0, 0.05) is 11.6 Å². The summed E-state index contributed by atoms with van der Waals surface area (Å²) in [7, 11) is 1.47. The number of ether oxygens (including phenoxy) is 1. The van der Waals surface area contributed by atoms with Gasteiger partial charge in [-0.05, 0) is 24.3 Å². The Bertz CT molecular complexity index is 583. The van der Waals surface area contributed by atoms with Crippen molar-refractivity contribution in [1.29, 1.82) is 0 Å². The lowest BCUT2D eigenvalue weighted by atomic mass is 10.2. The molecule has 0 atom stereocenters. The topological polar surface area (TPSA) is 55.2 Å². The quantitative estimate of drug-likeness (QED) is 0.911. The summed E-state index contributed by atoms with van der Waals surface area (Å²) in [6, 6.07) is 6.63. The van der Waals surface area contributed by atoms with Gasteiger partial charge >= 0.3 is 6.18 Å². The van der Waals surface area contributed by atoms with Crippen LogP contribution in [-0.2, 0) is 6.18 Å². The van der Waals surface area contributed by atoms with Crippen molar-refractivity contribution in [3.8, 4) is 23.0 Å². The molecule has 2 rings (SSSR count). The van der Waals surface area contributed by atoms with E-state index in [1.165, 1.54) is 19.2 Å². The fourth-order valence-corrected chi connectivity index (χ4v) is 1.45. The molecule has 1 N–H and O–H groups in total. The Labute approximate surface area is 106 Å². The Hall–Kier alpha value is -2.31. The van der Waals surface area contributed by atoms with E-state index < -0.39 is 17.8 Å². The number of hydrogen-bond acceptors (Lipinski definition) is 4. The predicted molar refractivity (Wildman–Crippen MR) is 60.7 cm³/mol. The van der Waals surface area contributed by atoms with Crippen LogP contribution in [0.25, 0.3) is 11.4 Å². The summed E-state index contributed by atoms with van der Waals surface area (Å²) in [5, 5.41) is 9.24. The number of aromatic hydroxyl groups is 1. The minimum Gasteiger partial charge on any atom is -0.497 e. The number of halogens is 3. The molecule has 2 aromatic rings. The number of rotatable bonds is 2. The second-order valence-electron chi connectivity index (χ2n) is 3.66. The maximum absolute atomic E-state index is 12.6. The largest absolute Gasteiger partial charge is 0.497 e. The standard InChI is InChI=1S/C12H9F3N2O2/c1-19-8-4-2-7(3-5-8)11-16-9(12(13,14)15)6-10(18)17-11/h2-6H,1H3,(H,16,17,18). The van der Waals surface area contributed by atoms with Crippen molar-refractivity contribution in [2.24, 2.45) is 0 Å². The van der Waals surface area contributed by atoms with E-state index in [0.29, 0.717) is 17.4 Å². The Morgan fingerprint density at radius 2 is 1.74 bits per heavy atom. The normalized spacial score (nSPS) is 11.4. The molecule has 0 radical (unpaired) electrons. The molecule has 19 heavy (non-hydrogen) atoms. The Balaban J connectivity index is 2.46. The maximum Gasteiger partial charge on any atom is 0.433 e. The number of benzene rings is 1. The first-order valence-corrected chi connectivity index (χ1v) is 5.20. The molecule has 0 bridgehead atoms. The van der Waals surface area contributed by atoms with Crippen LogP contribution >= 0.6 is 0 Å². The van der Waals surface area contributed by atoms with E-state index >= 15 is 0 Å². The highest BCUT2D eigenvalue weighted by atomic mass is 19.4. The second kappa shape index (κ2) is 4.75. The van der Waals surface area contributed by atoms with E-state index in [-0.39, 0.29) is 5.82 Å². The summed E-state index contributed by atoms with van der Waals surface area (Å²) >= 11 is 0. The lowest BCUT2D eigenvalue weighted by molar-refractivity contribution is -0.141. The molecule has 1 aromatic heterocycles. The maximum atomic E-state index is 12.6. The Morgan fingerprint density at radius 1 is 1.11 bits per heavy atom. The molecule has 0 aliphatic carbocycles. The summed E-state index contributed by atoms with van der Waals surface area (Å²) in [6.07, 6.45) is -4.64. The third-order valence-electron chi connectivity index (χ3n) is 2.35. The van der Waals surface area contributed by atoms with Crippen molar-refractivity contribution in [3.05, 3.63) is 36.0 Å². The first-order valence-electron chi connectivity index (χ1n) is 5.20. The van der Waals surface area contributed by atoms with Gasteiger partial charge in [0.1, 0.15) is 5.75 Å². The van der Waals surface area contributed by atoms with Gasteiger partial charge in [-0.1, -0.05) is 0 Å². The van der Waals surface area contributed by atoms with Crippen molar-refractivity contribution in [1.82, 2.24) is 9.97 Å². The molecule has 0 fully saturated rings. The van der Waals surface area contributed by atoms with E-state index in [9.17, 15) is 18.3 Å². The van der Waals surface area contributed by atoms with Gasteiger partial charge in [0.2, 0.25) is 5.88 Å². The van der Waals surface area contributed by atoms with Crippen LogP contribution in [0, 0.1) is 0 Å². The third kappa shape index (κ3) is 2.93. The average molecular weight is 270 g/mol. The second-order valence-corrected chi connectivity index (χ2v) is 3.66. The van der Waals surface area contributed by atoms with Gasteiger partial charge in [0.25, 0.3) is 0 Å². The third-order valence-corrected chi connectivity index (χ3v) is 2.35. The SMILES string of the molecule is COc1ccc(-c2nc(O)cc(C(F)(F)F)n2)cc1. The van der Waals surface area contributed by atoms with E-state index in [1.54, 1.807) is 12.1 Å². The number of alkyl halides is 3. The molecule has 1 aromatic carbocycles. The van der Waals surface area contributed by atoms with Gasteiger partial charge in [-0.2, -0.15) is 18.2 Å². The lowest BCUT2D eigenvalue weighted by Gasteiger charge is -2.08. The van der Waals surface area contributed by atoms with Crippen molar-refractivity contribution in [3.63, 3.8) is 0 Å². The van der Waals surface area contributed by atoms with Crippen LogP contribution in [-0.4, -0.2) is 22.2 Å². The Morgan fingerprint density at radius 3 is 2.26 bits per heavy atom. The molecule has 0 saturated heterocycles. The van der Waals surface area contributed by atoms with E-state index in [0.717, 1.165) is 0 Å². The van der Waals surface area contributed by atoms with Crippen LogP contribution in [0.15, 0.2) is 30.3 Å². The van der Waals surface area contributed by atoms with Crippen LogP contribution in [0.1, 0.15) is 5.69 Å². The molecule has 100 valence electrons. The molecule has 7 heteroatoms. The van der Waals surface area contributed by atoms with Crippen LogP contribution in [0.5, 0.6) is 11.6 Å². The lowest BCUT2D eigenvalue weighted by Crippen LogP contribution is -2.09. The summed E-state index contributed by atoms with van der Waals surface area (Å²) in [4.78, 5) is 6.97. The van der Waals surface area contributed by atoms with E-state index in [4.69, 9.17) is 4.74 Å². The van der Waals surface area contributed by atoms with Gasteiger partial charge in [0.15, 0.2) is 11.5 Å². The highest BCUT2D eigenvalue weighted by Gasteiger charge is 2.33. The van der Waals surface area contributed by atoms with Crippen LogP contribution in [0.2, 0.25) is 0 Å². The molecule has 0 amide bonds. The van der Waals surface area contributed by atoms with Gasteiger partial charge in [-0.3, -0.25) is 0 Å². The zero-order valence-corrected chi connectivity index (χ0v) is 9.77. The molecule has 0 unspecified atom stereocenters. The van der Waals surface area contributed by atoms with Crippen LogP contribution < -0.4 is 4.74 Å². The molecule has 0 aliphatic rings. The van der Waals surface area contributed by atoms with Crippen LogP contribution in [0.3, 0.4) is 0 Å². The summed E-state index contributed by atoms with van der Waals surface area (Å²) in [5.74, 6) is -0.372. The zero-order chi connectivity index (χ0) is 14.0. The molecule has 1 heterocycles. The minimum absolute atomic E-state index is 0.199. The molecule has 4 nitrogen and oxygen atoms in total. The van der Waals surface area contributed by atoms with Gasteiger partial charge < -0.3 is 9.84 Å². The summed E-state index contributed by atoms with van der Waals surface area (Å²) < 4.78 is 42.6. The molecule has 0 aliphatic heterocycles. The Kier molecular flexibility index (Phi) is 3.28. The molecular formula is C12H9F3N2O2. The smallest absolute Gasteiger partial charge is 0.433 e. The zero-order valence-electron chi connectivity index (χ0n) is 9.77. The van der Waals surface area contributed by atoms with Gasteiger partial charge in [-0.25, -0.2) is 4.98 Å². The highest BCUT2D eigenvalue weighted by Crippen LogP contribution is 2.31. The average Bonchev–Trinajstić information content (AvgIpc) is 2.37. The summed E-state index contributed by atoms with van der Waals surface area (Å²) in [5.41, 5.74) is -0.840. The molecular weight excluding hydrogens is 261 g/mol. The number of aromatic nitrogens is 2. The highest BCUT2D eigenvalue weighted by molar-refractivity contribution is 5.57. The van der Waals surface area contributed by atoms with Crippen LogP contribution in [0.4, 0.5) is 13.2 Å². The number of hydrogen-bond donors (Lipinski definition) is 1. The van der Waals surface area contributed by atoms with Gasteiger partial charge in [0.05, 0.1) is 7.11 Å². The van der Waals surface area contributed by atoms with E-state index in [2.05, 4.69) is 9.97 Å². The summed E-state index contributed by atoms with van der Waals surface area (Å²) in [6.45, 7) is 0. The van der Waals surface area contributed by atoms with Crippen molar-refractivity contribution >= 4 is 0 Å². The number of methoxy groups -OCH3 is 1. The number of nitrogens with zero attached hydrogens (tertiary/aromatic N) is 2. The van der Waals surface area contributed by atoms with Crippen molar-refractivity contribution < 1.29 is 23.0 Å². The first-order chi connectivity index (χ1) is 8.90. The van der Waals surface area contributed by atoms with Crippen molar-refractivity contribution in [2.45, 2.75) is 6.18 Å². The fraction of sp³-hybridized carbons (Fsp3) is 0.167. The predicted octanol–water partition coefficient (Wildman–Crippen LogP) is 2.88. The van der Waals surface area contributed by atoms with Crippen molar-refractivity contribution in [2.75, 3.05) is 7.11 Å². The minimum atomic E-state index is -4.64. The fourth-order valence-electron chi connectivity index (χ4n) is 1.45. The molecule has 0 spiro atoms. The van der Waals surface area contributed by atoms with Gasteiger partial charge in [-0.15, -0.1) is 0 Å². The molecule has 0 saturated carbocycles. The monoisotopic (exact) mass is 270 g/mol. The first kappa shape index (κ1) is 13.1.